The highest BCUT2D eigenvalue weighted by Gasteiger charge is 2.09. The van der Waals surface area contributed by atoms with E-state index in [0.29, 0.717) is 5.84 Å². The minimum Gasteiger partial charge on any atom is -0.308 e. The largest absolute Gasteiger partial charge is 0.308 e. The van der Waals surface area contributed by atoms with E-state index in [1.165, 1.54) is 0 Å². The summed E-state index contributed by atoms with van der Waals surface area (Å²) in [7, 11) is 3.55. The highest BCUT2D eigenvalue weighted by Crippen LogP contribution is 2.09. The molecule has 0 unspecified atom stereocenters. The van der Waals surface area contributed by atoms with Crippen molar-refractivity contribution in [3.8, 4) is 0 Å². The average Bonchev–Trinajstić information content (AvgIpc) is 2.38. The Hall–Kier alpha value is -0.630. The molecule has 1 aromatic rings. The van der Waals surface area contributed by atoms with Crippen LogP contribution >= 0.6 is 22.6 Å². The zero-order chi connectivity index (χ0) is 9.14. The van der Waals surface area contributed by atoms with E-state index >= 15 is 0 Å². The maximum absolute atomic E-state index is 5.27. The van der Waals surface area contributed by atoms with Crippen LogP contribution in [0.1, 0.15) is 5.56 Å². The maximum atomic E-state index is 5.27. The van der Waals surface area contributed by atoms with Gasteiger partial charge in [0.2, 0.25) is 0 Å². The summed E-state index contributed by atoms with van der Waals surface area (Å²) in [5.41, 5.74) is 3.43. The van der Waals surface area contributed by atoms with Gasteiger partial charge in [0.25, 0.3) is 0 Å². The summed E-state index contributed by atoms with van der Waals surface area (Å²) in [4.78, 5) is 3.97. The van der Waals surface area contributed by atoms with Crippen LogP contribution in [0.4, 0.5) is 0 Å². The van der Waals surface area contributed by atoms with Gasteiger partial charge in [-0.25, -0.2) is 5.84 Å². The first-order chi connectivity index (χ1) is 5.70. The van der Waals surface area contributed by atoms with Crippen LogP contribution in [0.3, 0.4) is 0 Å². The van der Waals surface area contributed by atoms with E-state index in [-0.39, 0.29) is 0 Å². The van der Waals surface area contributed by atoms with Gasteiger partial charge in [-0.05, 0) is 22.6 Å². The first-order valence-electron chi connectivity index (χ1n) is 3.32. The lowest BCUT2D eigenvalue weighted by molar-refractivity contribution is 0.747. The smallest absolute Gasteiger partial charge is 0.146 e. The lowest BCUT2D eigenvalue weighted by Crippen LogP contribution is -2.31. The Kier molecular flexibility index (Phi) is 3.04. The Morgan fingerprint density at radius 1 is 1.83 bits per heavy atom. The van der Waals surface area contributed by atoms with Crippen molar-refractivity contribution in [1.29, 1.82) is 0 Å². The number of aromatic nitrogens is 2. The molecule has 12 heavy (non-hydrogen) atoms. The van der Waals surface area contributed by atoms with Gasteiger partial charge in [-0.2, -0.15) is 5.10 Å². The first-order valence-corrected chi connectivity index (χ1v) is 4.39. The number of aryl methyl sites for hydroxylation is 1. The van der Waals surface area contributed by atoms with Gasteiger partial charge < -0.3 is 5.43 Å². The summed E-state index contributed by atoms with van der Waals surface area (Å²) in [5.74, 6) is 5.92. The van der Waals surface area contributed by atoms with E-state index in [4.69, 9.17) is 5.84 Å². The lowest BCUT2D eigenvalue weighted by Gasteiger charge is -2.01. The van der Waals surface area contributed by atoms with Crippen LogP contribution < -0.4 is 11.3 Å². The predicted octanol–water partition coefficient (Wildman–Crippen LogP) is -0.136. The number of rotatable bonds is 1. The molecule has 0 saturated heterocycles. The van der Waals surface area contributed by atoms with Crippen LogP contribution in [0, 0.1) is 3.70 Å². The summed E-state index contributed by atoms with van der Waals surface area (Å²) < 4.78 is 2.77. The molecule has 0 aromatic carbocycles. The maximum Gasteiger partial charge on any atom is 0.146 e. The summed E-state index contributed by atoms with van der Waals surface area (Å²) in [6.45, 7) is 0. The van der Waals surface area contributed by atoms with E-state index < -0.39 is 0 Å². The van der Waals surface area contributed by atoms with Gasteiger partial charge in [0.15, 0.2) is 0 Å². The molecule has 0 aliphatic rings. The molecule has 0 amide bonds. The van der Waals surface area contributed by atoms with E-state index in [2.05, 4.69) is 38.1 Å². The van der Waals surface area contributed by atoms with Crippen LogP contribution in [0.2, 0.25) is 0 Å². The summed E-state index contributed by atoms with van der Waals surface area (Å²) >= 11 is 2.19. The van der Waals surface area contributed by atoms with Crippen molar-refractivity contribution in [1.82, 2.24) is 15.2 Å². The Morgan fingerprint density at radius 2 is 2.50 bits per heavy atom. The fourth-order valence-corrected chi connectivity index (χ4v) is 1.36. The molecule has 1 heterocycles. The summed E-state index contributed by atoms with van der Waals surface area (Å²) in [6, 6.07) is 0. The van der Waals surface area contributed by atoms with Crippen molar-refractivity contribution in [3.63, 3.8) is 0 Å². The molecule has 0 fully saturated rings. The molecule has 1 aromatic heterocycles. The molecule has 0 aliphatic heterocycles. The standard InChI is InChI=1S/C6H10IN5/c1-9-6(11-8)4-3-10-12(2)5(4)7/h3H,8H2,1-2H3,(H,9,11). The highest BCUT2D eigenvalue weighted by atomic mass is 127. The number of hydrazine groups is 1. The minimum absolute atomic E-state index is 0.646. The van der Waals surface area contributed by atoms with Gasteiger partial charge in [0, 0.05) is 14.1 Å². The van der Waals surface area contributed by atoms with Gasteiger partial charge in [-0.1, -0.05) is 0 Å². The van der Waals surface area contributed by atoms with Gasteiger partial charge in [-0.15, -0.1) is 0 Å². The van der Waals surface area contributed by atoms with E-state index in [1.54, 1.807) is 17.9 Å². The normalized spacial score (nSPS) is 11.8. The molecule has 0 aliphatic carbocycles. The number of amidine groups is 1. The molecular weight excluding hydrogens is 269 g/mol. The van der Waals surface area contributed by atoms with Crippen molar-refractivity contribution in [2.75, 3.05) is 7.05 Å². The molecule has 66 valence electrons. The molecule has 3 N–H and O–H groups in total. The Morgan fingerprint density at radius 3 is 2.83 bits per heavy atom. The molecule has 0 saturated carbocycles. The number of aliphatic imine (C=N–C) groups is 1. The Bertz CT molecular complexity index is 303. The van der Waals surface area contributed by atoms with Crippen molar-refractivity contribution in [2.45, 2.75) is 0 Å². The number of nitrogens with one attached hydrogen (secondary N) is 1. The number of halogens is 1. The second kappa shape index (κ2) is 3.85. The Balaban J connectivity index is 3.10. The summed E-state index contributed by atoms with van der Waals surface area (Å²) in [5, 5.41) is 4.07. The topological polar surface area (TPSA) is 68.2 Å². The van der Waals surface area contributed by atoms with Gasteiger partial charge in [0.1, 0.15) is 9.54 Å². The van der Waals surface area contributed by atoms with Crippen LogP contribution in [-0.4, -0.2) is 22.7 Å². The number of hydrogen-bond acceptors (Lipinski definition) is 3. The van der Waals surface area contributed by atoms with Crippen LogP contribution in [0.15, 0.2) is 11.2 Å². The fraction of sp³-hybridized carbons (Fsp3) is 0.333. The summed E-state index contributed by atoms with van der Waals surface area (Å²) in [6.07, 6.45) is 1.73. The molecule has 0 spiro atoms. The highest BCUT2D eigenvalue weighted by molar-refractivity contribution is 14.1. The van der Waals surface area contributed by atoms with Crippen molar-refractivity contribution < 1.29 is 0 Å². The van der Waals surface area contributed by atoms with Crippen molar-refractivity contribution >= 4 is 28.4 Å². The predicted molar refractivity (Wildman–Crippen MR) is 55.7 cm³/mol. The van der Waals surface area contributed by atoms with Crippen molar-refractivity contribution in [2.24, 2.45) is 17.9 Å². The van der Waals surface area contributed by atoms with E-state index in [9.17, 15) is 0 Å². The second-order valence-electron chi connectivity index (χ2n) is 2.19. The molecule has 5 nitrogen and oxygen atoms in total. The van der Waals surface area contributed by atoms with E-state index in [1.807, 2.05) is 7.05 Å². The quantitative estimate of drug-likeness (QED) is 0.247. The minimum atomic E-state index is 0.646. The number of nitrogens with two attached hydrogens (primary N) is 1. The molecule has 6 heteroatoms. The zero-order valence-electron chi connectivity index (χ0n) is 6.87. The third-order valence-electron chi connectivity index (χ3n) is 1.48. The Labute approximate surface area is 84.2 Å². The molecule has 1 rings (SSSR count). The molecule has 0 radical (unpaired) electrons. The molecular formula is C6H10IN5. The second-order valence-corrected chi connectivity index (χ2v) is 3.21. The SMILES string of the molecule is CN=C(NN)c1cnn(C)c1I. The number of hydrogen-bond donors (Lipinski definition) is 2. The monoisotopic (exact) mass is 279 g/mol. The number of nitrogens with zero attached hydrogens (tertiary/aromatic N) is 3. The van der Waals surface area contributed by atoms with Gasteiger partial charge in [0.05, 0.1) is 11.8 Å². The van der Waals surface area contributed by atoms with Crippen LogP contribution in [0.5, 0.6) is 0 Å². The third-order valence-corrected chi connectivity index (χ3v) is 2.76. The van der Waals surface area contributed by atoms with E-state index in [0.717, 1.165) is 9.26 Å². The third kappa shape index (κ3) is 1.58. The van der Waals surface area contributed by atoms with Gasteiger partial charge in [-0.3, -0.25) is 9.67 Å². The fourth-order valence-electron chi connectivity index (χ4n) is 0.844. The average molecular weight is 279 g/mol. The zero-order valence-corrected chi connectivity index (χ0v) is 9.03. The van der Waals surface area contributed by atoms with Crippen LogP contribution in [-0.2, 0) is 7.05 Å². The van der Waals surface area contributed by atoms with Gasteiger partial charge >= 0.3 is 0 Å². The lowest BCUT2D eigenvalue weighted by atomic mass is 10.3. The molecule has 0 atom stereocenters. The first kappa shape index (κ1) is 9.46. The van der Waals surface area contributed by atoms with Crippen molar-refractivity contribution in [3.05, 3.63) is 15.5 Å². The van der Waals surface area contributed by atoms with Crippen LogP contribution in [0.25, 0.3) is 0 Å². The molecule has 0 bridgehead atoms.